The Labute approximate surface area is 115 Å². The van der Waals surface area contributed by atoms with Crippen LogP contribution in [-0.4, -0.2) is 35.1 Å². The van der Waals surface area contributed by atoms with Gasteiger partial charge in [-0.1, -0.05) is 30.3 Å². The summed E-state index contributed by atoms with van der Waals surface area (Å²) in [6.07, 6.45) is 5.91. The van der Waals surface area contributed by atoms with Crippen LogP contribution in [0.5, 0.6) is 0 Å². The lowest BCUT2D eigenvalue weighted by Gasteiger charge is -2.24. The molecule has 1 aliphatic heterocycles. The Morgan fingerprint density at radius 3 is 2.84 bits per heavy atom. The highest BCUT2D eigenvalue weighted by Gasteiger charge is 2.23. The van der Waals surface area contributed by atoms with Crippen LogP contribution in [0.2, 0.25) is 0 Å². The highest BCUT2D eigenvalue weighted by atomic mass is 16.4. The lowest BCUT2D eigenvalue weighted by molar-refractivity contribution is -0.137. The molecular formula is C16H23NO2. The van der Waals surface area contributed by atoms with Crippen LogP contribution in [-0.2, 0) is 11.2 Å². The second-order valence-electron chi connectivity index (χ2n) is 5.35. The molecule has 19 heavy (non-hydrogen) atoms. The van der Waals surface area contributed by atoms with Crippen LogP contribution in [0, 0.1) is 0 Å². The van der Waals surface area contributed by atoms with Crippen molar-refractivity contribution < 1.29 is 9.90 Å². The second kappa shape index (κ2) is 7.29. The normalized spacial score (nSPS) is 19.7. The summed E-state index contributed by atoms with van der Waals surface area (Å²) in [5.74, 6) is -0.681. The van der Waals surface area contributed by atoms with Crippen molar-refractivity contribution in [3.8, 4) is 0 Å². The molecule has 1 N–H and O–H groups in total. The summed E-state index contributed by atoms with van der Waals surface area (Å²) in [5.41, 5.74) is 1.40. The largest absolute Gasteiger partial charge is 0.481 e. The van der Waals surface area contributed by atoms with Crippen LogP contribution >= 0.6 is 0 Å². The maximum atomic E-state index is 10.5. The number of aliphatic carboxylic acids is 1. The van der Waals surface area contributed by atoms with Crippen molar-refractivity contribution in [3.63, 3.8) is 0 Å². The minimum Gasteiger partial charge on any atom is -0.481 e. The SMILES string of the molecule is O=C(O)CCCN1CCC[C@@H]1CCc1ccccc1. The Kier molecular flexibility index (Phi) is 5.40. The predicted octanol–water partition coefficient (Wildman–Crippen LogP) is 2.95. The van der Waals surface area contributed by atoms with Crippen molar-refractivity contribution in [2.24, 2.45) is 0 Å². The first kappa shape index (κ1) is 14.1. The van der Waals surface area contributed by atoms with Gasteiger partial charge in [0.2, 0.25) is 0 Å². The summed E-state index contributed by atoms with van der Waals surface area (Å²) in [5, 5.41) is 8.69. The van der Waals surface area contributed by atoms with E-state index < -0.39 is 5.97 Å². The average molecular weight is 261 g/mol. The Bertz CT molecular complexity index is 391. The molecule has 3 heteroatoms. The van der Waals surface area contributed by atoms with Crippen molar-refractivity contribution in [2.45, 2.75) is 44.6 Å². The summed E-state index contributed by atoms with van der Waals surface area (Å²) < 4.78 is 0. The molecule has 1 saturated heterocycles. The number of benzene rings is 1. The zero-order chi connectivity index (χ0) is 13.5. The zero-order valence-electron chi connectivity index (χ0n) is 11.4. The lowest BCUT2D eigenvalue weighted by Crippen LogP contribution is -2.31. The third-order valence-electron chi connectivity index (χ3n) is 3.94. The summed E-state index contributed by atoms with van der Waals surface area (Å²) in [7, 11) is 0. The van der Waals surface area contributed by atoms with Crippen molar-refractivity contribution in [3.05, 3.63) is 35.9 Å². The summed E-state index contributed by atoms with van der Waals surface area (Å²) in [6, 6.07) is 11.3. The van der Waals surface area contributed by atoms with Gasteiger partial charge in [-0.2, -0.15) is 0 Å². The van der Waals surface area contributed by atoms with E-state index in [0.29, 0.717) is 12.5 Å². The van der Waals surface area contributed by atoms with Crippen molar-refractivity contribution in [1.82, 2.24) is 4.90 Å². The van der Waals surface area contributed by atoms with Crippen LogP contribution in [0.15, 0.2) is 30.3 Å². The molecule has 0 saturated carbocycles. The number of likely N-dealkylation sites (tertiary alicyclic amines) is 1. The van der Waals surface area contributed by atoms with Crippen LogP contribution in [0.4, 0.5) is 0 Å². The maximum Gasteiger partial charge on any atom is 0.303 e. The van der Waals surface area contributed by atoms with Gasteiger partial charge in [-0.05, 0) is 50.8 Å². The molecule has 0 unspecified atom stereocenters. The Morgan fingerprint density at radius 2 is 2.11 bits per heavy atom. The van der Waals surface area contributed by atoms with Crippen LogP contribution < -0.4 is 0 Å². The number of hydrogen-bond acceptors (Lipinski definition) is 2. The summed E-state index contributed by atoms with van der Waals surface area (Å²) in [6.45, 7) is 2.07. The number of rotatable bonds is 7. The van der Waals surface area contributed by atoms with Crippen LogP contribution in [0.1, 0.15) is 37.7 Å². The number of hydrogen-bond donors (Lipinski definition) is 1. The van der Waals surface area contributed by atoms with Gasteiger partial charge in [0.05, 0.1) is 0 Å². The van der Waals surface area contributed by atoms with Crippen molar-refractivity contribution in [2.75, 3.05) is 13.1 Å². The van der Waals surface area contributed by atoms with E-state index in [1.165, 1.54) is 24.8 Å². The topological polar surface area (TPSA) is 40.5 Å². The van der Waals surface area contributed by atoms with Gasteiger partial charge in [-0.25, -0.2) is 0 Å². The molecule has 0 amide bonds. The zero-order valence-corrected chi connectivity index (χ0v) is 11.4. The Balaban J connectivity index is 1.74. The minimum absolute atomic E-state index is 0.294. The first-order valence-electron chi connectivity index (χ1n) is 7.25. The molecule has 1 heterocycles. The lowest BCUT2D eigenvalue weighted by atomic mass is 10.0. The number of carboxylic acids is 1. The monoisotopic (exact) mass is 261 g/mol. The van der Waals surface area contributed by atoms with Gasteiger partial charge in [0.1, 0.15) is 0 Å². The molecule has 1 atom stereocenters. The first-order valence-corrected chi connectivity index (χ1v) is 7.25. The molecule has 0 spiro atoms. The molecule has 1 aliphatic rings. The van der Waals surface area contributed by atoms with Gasteiger partial charge >= 0.3 is 5.97 Å². The van der Waals surface area contributed by atoms with Crippen LogP contribution in [0.3, 0.4) is 0 Å². The van der Waals surface area contributed by atoms with Crippen LogP contribution in [0.25, 0.3) is 0 Å². The fourth-order valence-corrected chi connectivity index (χ4v) is 2.93. The molecule has 104 valence electrons. The van der Waals surface area contributed by atoms with Crippen molar-refractivity contribution >= 4 is 5.97 Å². The van der Waals surface area contributed by atoms with E-state index in [2.05, 4.69) is 35.2 Å². The Morgan fingerprint density at radius 1 is 1.32 bits per heavy atom. The standard InChI is InChI=1S/C16H23NO2/c18-16(19)9-5-13-17-12-4-8-15(17)11-10-14-6-2-1-3-7-14/h1-3,6-7,15H,4-5,8-13H2,(H,18,19)/t15-/m1/s1. The third-order valence-corrected chi connectivity index (χ3v) is 3.94. The van der Waals surface area contributed by atoms with Crippen molar-refractivity contribution in [1.29, 1.82) is 0 Å². The van der Waals surface area contributed by atoms with E-state index in [9.17, 15) is 4.79 Å². The molecule has 0 radical (unpaired) electrons. The number of carboxylic acid groups (broad SMARTS) is 1. The van der Waals surface area contributed by atoms with E-state index in [-0.39, 0.29) is 0 Å². The molecule has 1 aromatic carbocycles. The van der Waals surface area contributed by atoms with Gasteiger partial charge in [0.25, 0.3) is 0 Å². The first-order chi connectivity index (χ1) is 9.25. The summed E-state index contributed by atoms with van der Waals surface area (Å²) >= 11 is 0. The molecule has 2 rings (SSSR count). The number of aryl methyl sites for hydroxylation is 1. The number of nitrogens with zero attached hydrogens (tertiary/aromatic N) is 1. The average Bonchev–Trinajstić information content (AvgIpc) is 2.85. The predicted molar refractivity (Wildman–Crippen MR) is 76.2 cm³/mol. The van der Waals surface area contributed by atoms with Gasteiger partial charge < -0.3 is 10.0 Å². The molecule has 1 fully saturated rings. The molecule has 1 aromatic rings. The Hall–Kier alpha value is -1.35. The highest BCUT2D eigenvalue weighted by molar-refractivity contribution is 5.66. The van der Waals surface area contributed by atoms with E-state index in [4.69, 9.17) is 5.11 Å². The quantitative estimate of drug-likeness (QED) is 0.820. The number of carbonyl (C=O) groups is 1. The second-order valence-corrected chi connectivity index (χ2v) is 5.35. The molecule has 0 aliphatic carbocycles. The highest BCUT2D eigenvalue weighted by Crippen LogP contribution is 2.22. The fraction of sp³-hybridized carbons (Fsp3) is 0.562. The third kappa shape index (κ3) is 4.67. The van der Waals surface area contributed by atoms with E-state index in [1.807, 2.05) is 0 Å². The minimum atomic E-state index is -0.681. The van der Waals surface area contributed by atoms with E-state index in [1.54, 1.807) is 0 Å². The van der Waals surface area contributed by atoms with E-state index in [0.717, 1.165) is 25.9 Å². The van der Waals surface area contributed by atoms with Gasteiger partial charge in [-0.15, -0.1) is 0 Å². The molecule has 0 aromatic heterocycles. The van der Waals surface area contributed by atoms with E-state index >= 15 is 0 Å². The maximum absolute atomic E-state index is 10.5. The summed E-state index contributed by atoms with van der Waals surface area (Å²) in [4.78, 5) is 13.0. The fourth-order valence-electron chi connectivity index (χ4n) is 2.93. The molecule has 0 bridgehead atoms. The van der Waals surface area contributed by atoms with Gasteiger partial charge in [-0.3, -0.25) is 4.79 Å². The van der Waals surface area contributed by atoms with Gasteiger partial charge in [0.15, 0.2) is 0 Å². The smallest absolute Gasteiger partial charge is 0.303 e. The van der Waals surface area contributed by atoms with Gasteiger partial charge in [0, 0.05) is 12.5 Å². The molecular weight excluding hydrogens is 238 g/mol. The molecule has 3 nitrogen and oxygen atoms in total.